The molecule has 23 heavy (non-hydrogen) atoms. The van der Waals surface area contributed by atoms with Crippen molar-refractivity contribution in [3.8, 4) is 0 Å². The van der Waals surface area contributed by atoms with Crippen LogP contribution in [-0.2, 0) is 0 Å². The van der Waals surface area contributed by atoms with Gasteiger partial charge >= 0.3 is 0 Å². The Labute approximate surface area is 145 Å². The highest BCUT2D eigenvalue weighted by atomic mass is 35.5. The molecule has 0 aliphatic heterocycles. The maximum Gasteiger partial charge on any atom is 0.274 e. The number of nitrogens with one attached hydrogen (secondary N) is 2. The van der Waals surface area contributed by atoms with E-state index in [0.29, 0.717) is 27.4 Å². The van der Waals surface area contributed by atoms with E-state index in [1.807, 2.05) is 6.92 Å². The molecule has 0 bridgehead atoms. The van der Waals surface area contributed by atoms with Crippen molar-refractivity contribution in [2.75, 3.05) is 17.2 Å². The summed E-state index contributed by atoms with van der Waals surface area (Å²) in [6.45, 7) is 4.70. The van der Waals surface area contributed by atoms with Crippen LogP contribution in [0.2, 0.25) is 10.0 Å². The van der Waals surface area contributed by atoms with E-state index in [1.54, 1.807) is 24.3 Å². The van der Waals surface area contributed by atoms with E-state index in [9.17, 15) is 4.79 Å². The quantitative estimate of drug-likeness (QED) is 0.748. The summed E-state index contributed by atoms with van der Waals surface area (Å²) in [7, 11) is 0. The molecular weight excluding hydrogens is 335 g/mol. The lowest BCUT2D eigenvalue weighted by Crippen LogP contribution is -2.16. The van der Waals surface area contributed by atoms with Gasteiger partial charge in [-0.2, -0.15) is 0 Å². The number of unbranched alkanes of at least 4 members (excludes halogenated alkanes) is 1. The third-order valence-electron chi connectivity index (χ3n) is 3.08. The van der Waals surface area contributed by atoms with E-state index >= 15 is 0 Å². The standard InChI is InChI=1S/C16H18Cl2N4O/c1-3-4-7-19-16-20-10(2)8-14(22-16)15(23)21-11-5-6-12(17)13(18)9-11/h5-6,8-9H,3-4,7H2,1-2H3,(H,21,23)(H,19,20,22). The molecule has 1 aromatic carbocycles. The van der Waals surface area contributed by atoms with Crippen LogP contribution in [0.4, 0.5) is 11.6 Å². The summed E-state index contributed by atoms with van der Waals surface area (Å²) < 4.78 is 0. The second-order valence-corrected chi connectivity index (χ2v) is 5.90. The molecule has 1 amide bonds. The van der Waals surface area contributed by atoms with Gasteiger partial charge in [0, 0.05) is 17.9 Å². The Kier molecular flexibility index (Phi) is 6.19. The SMILES string of the molecule is CCCCNc1nc(C)cc(C(=O)Nc2ccc(Cl)c(Cl)c2)n1. The zero-order valence-corrected chi connectivity index (χ0v) is 14.5. The number of rotatable bonds is 6. The van der Waals surface area contributed by atoms with Gasteiger partial charge in [-0.3, -0.25) is 4.79 Å². The minimum atomic E-state index is -0.326. The molecule has 7 heteroatoms. The van der Waals surface area contributed by atoms with E-state index in [4.69, 9.17) is 23.2 Å². The van der Waals surface area contributed by atoms with Gasteiger partial charge in [0.25, 0.3) is 5.91 Å². The molecule has 0 atom stereocenters. The number of benzene rings is 1. The molecule has 0 aliphatic carbocycles. The average Bonchev–Trinajstić information content (AvgIpc) is 2.51. The monoisotopic (exact) mass is 352 g/mol. The van der Waals surface area contributed by atoms with Crippen LogP contribution in [0, 0.1) is 6.92 Å². The fourth-order valence-electron chi connectivity index (χ4n) is 1.91. The van der Waals surface area contributed by atoms with Gasteiger partial charge in [-0.1, -0.05) is 36.5 Å². The smallest absolute Gasteiger partial charge is 0.274 e. The molecule has 2 rings (SSSR count). The Bertz CT molecular complexity index is 706. The van der Waals surface area contributed by atoms with Gasteiger partial charge in [-0.15, -0.1) is 0 Å². The number of carbonyl (C=O) groups excluding carboxylic acids is 1. The Hall–Kier alpha value is -1.85. The highest BCUT2D eigenvalue weighted by Gasteiger charge is 2.11. The average molecular weight is 353 g/mol. The van der Waals surface area contributed by atoms with E-state index in [1.165, 1.54) is 0 Å². The molecule has 0 spiro atoms. The van der Waals surface area contributed by atoms with Gasteiger partial charge in [0.2, 0.25) is 5.95 Å². The molecule has 0 saturated carbocycles. The Morgan fingerprint density at radius 2 is 1.96 bits per heavy atom. The van der Waals surface area contributed by atoms with Gasteiger partial charge < -0.3 is 10.6 Å². The Balaban J connectivity index is 2.13. The predicted molar refractivity (Wildman–Crippen MR) is 94.6 cm³/mol. The number of hydrogen-bond donors (Lipinski definition) is 2. The Morgan fingerprint density at radius 1 is 1.17 bits per heavy atom. The molecule has 2 N–H and O–H groups in total. The molecule has 0 fully saturated rings. The first kappa shape index (κ1) is 17.5. The van der Waals surface area contributed by atoms with Crippen LogP contribution in [0.5, 0.6) is 0 Å². The van der Waals surface area contributed by atoms with Crippen LogP contribution in [0.25, 0.3) is 0 Å². The highest BCUT2D eigenvalue weighted by molar-refractivity contribution is 6.42. The van der Waals surface area contributed by atoms with Crippen molar-refractivity contribution in [1.82, 2.24) is 9.97 Å². The van der Waals surface area contributed by atoms with Crippen molar-refractivity contribution in [3.05, 3.63) is 45.7 Å². The number of carbonyl (C=O) groups is 1. The molecule has 0 saturated heterocycles. The van der Waals surface area contributed by atoms with Gasteiger partial charge in [0.1, 0.15) is 5.69 Å². The molecule has 5 nitrogen and oxygen atoms in total. The van der Waals surface area contributed by atoms with Crippen molar-refractivity contribution in [2.24, 2.45) is 0 Å². The number of amides is 1. The summed E-state index contributed by atoms with van der Waals surface area (Å²) >= 11 is 11.8. The van der Waals surface area contributed by atoms with Gasteiger partial charge in [-0.05, 0) is 37.6 Å². The third-order valence-corrected chi connectivity index (χ3v) is 3.82. The lowest BCUT2D eigenvalue weighted by atomic mass is 10.3. The molecule has 0 radical (unpaired) electrons. The van der Waals surface area contributed by atoms with Crippen molar-refractivity contribution < 1.29 is 4.79 Å². The predicted octanol–water partition coefficient (Wildman–Crippen LogP) is 4.56. The Morgan fingerprint density at radius 3 is 2.65 bits per heavy atom. The highest BCUT2D eigenvalue weighted by Crippen LogP contribution is 2.25. The fourth-order valence-corrected chi connectivity index (χ4v) is 2.21. The van der Waals surface area contributed by atoms with Crippen molar-refractivity contribution >= 4 is 40.7 Å². The molecule has 0 unspecified atom stereocenters. The van der Waals surface area contributed by atoms with Crippen LogP contribution in [0.1, 0.15) is 35.9 Å². The minimum Gasteiger partial charge on any atom is -0.354 e. The van der Waals surface area contributed by atoms with Gasteiger partial charge in [0.15, 0.2) is 0 Å². The van der Waals surface area contributed by atoms with Crippen LogP contribution in [-0.4, -0.2) is 22.4 Å². The third kappa shape index (κ3) is 5.08. The van der Waals surface area contributed by atoms with Crippen LogP contribution >= 0.6 is 23.2 Å². The summed E-state index contributed by atoms with van der Waals surface area (Å²) in [5, 5.41) is 6.68. The molecule has 1 aromatic heterocycles. The molecular formula is C16H18Cl2N4O. The largest absolute Gasteiger partial charge is 0.354 e. The van der Waals surface area contributed by atoms with Gasteiger partial charge in [0.05, 0.1) is 10.0 Å². The summed E-state index contributed by atoms with van der Waals surface area (Å²) in [5.74, 6) is 0.130. The van der Waals surface area contributed by atoms with Crippen LogP contribution < -0.4 is 10.6 Å². The normalized spacial score (nSPS) is 10.4. The lowest BCUT2D eigenvalue weighted by molar-refractivity contribution is 0.102. The van der Waals surface area contributed by atoms with E-state index in [2.05, 4.69) is 27.5 Å². The minimum absolute atomic E-state index is 0.294. The number of anilines is 2. The van der Waals surface area contributed by atoms with Crippen molar-refractivity contribution in [2.45, 2.75) is 26.7 Å². The second-order valence-electron chi connectivity index (χ2n) is 5.08. The topological polar surface area (TPSA) is 66.9 Å². The second kappa shape index (κ2) is 8.13. The number of aromatic nitrogens is 2. The van der Waals surface area contributed by atoms with E-state index in [-0.39, 0.29) is 5.91 Å². The van der Waals surface area contributed by atoms with Crippen molar-refractivity contribution in [3.63, 3.8) is 0 Å². The first-order valence-corrected chi connectivity index (χ1v) is 8.11. The maximum atomic E-state index is 12.3. The van der Waals surface area contributed by atoms with Crippen molar-refractivity contribution in [1.29, 1.82) is 0 Å². The summed E-state index contributed by atoms with van der Waals surface area (Å²) in [6.07, 6.45) is 2.09. The molecule has 122 valence electrons. The lowest BCUT2D eigenvalue weighted by Gasteiger charge is -2.09. The van der Waals surface area contributed by atoms with E-state index in [0.717, 1.165) is 25.1 Å². The number of aryl methyl sites for hydroxylation is 1. The first-order valence-electron chi connectivity index (χ1n) is 7.35. The zero-order chi connectivity index (χ0) is 16.8. The molecule has 2 aromatic rings. The first-order chi connectivity index (χ1) is 11.0. The molecule has 0 aliphatic rings. The number of hydrogen-bond acceptors (Lipinski definition) is 4. The maximum absolute atomic E-state index is 12.3. The summed E-state index contributed by atoms with van der Waals surface area (Å²) in [4.78, 5) is 20.9. The summed E-state index contributed by atoms with van der Waals surface area (Å²) in [5.41, 5.74) is 1.57. The zero-order valence-electron chi connectivity index (χ0n) is 13.0. The van der Waals surface area contributed by atoms with Crippen LogP contribution in [0.15, 0.2) is 24.3 Å². The molecule has 1 heterocycles. The number of nitrogens with zero attached hydrogens (tertiary/aromatic N) is 2. The summed E-state index contributed by atoms with van der Waals surface area (Å²) in [6, 6.07) is 6.54. The fraction of sp³-hybridized carbons (Fsp3) is 0.312. The van der Waals surface area contributed by atoms with Crippen LogP contribution in [0.3, 0.4) is 0 Å². The van der Waals surface area contributed by atoms with Gasteiger partial charge in [-0.25, -0.2) is 9.97 Å². The van der Waals surface area contributed by atoms with E-state index < -0.39 is 0 Å². The number of halogens is 2.